The SMILES string of the molecule is COc1ccc(NC(=O)CSc2nc3ccc(N=Cc4ccc(N5CCOCC5)c([N+](=O)[O-])c4)cc3s2)c([N+](=O)[O-])c1. The van der Waals surface area contributed by atoms with E-state index in [0.717, 1.165) is 10.2 Å². The van der Waals surface area contributed by atoms with Crippen LogP contribution in [0.3, 0.4) is 0 Å². The Balaban J connectivity index is 1.24. The third kappa shape index (κ3) is 6.82. The minimum atomic E-state index is -0.583. The normalized spacial score (nSPS) is 13.4. The van der Waals surface area contributed by atoms with Crippen molar-refractivity contribution in [2.75, 3.05) is 49.4 Å². The first-order valence-corrected chi connectivity index (χ1v) is 14.4. The van der Waals surface area contributed by atoms with Crippen LogP contribution in [0.2, 0.25) is 0 Å². The van der Waals surface area contributed by atoms with Gasteiger partial charge < -0.3 is 19.7 Å². The number of aromatic nitrogens is 1. The maximum Gasteiger partial charge on any atom is 0.296 e. The van der Waals surface area contributed by atoms with Crippen LogP contribution in [0.1, 0.15) is 5.56 Å². The lowest BCUT2D eigenvalue weighted by atomic mass is 10.1. The zero-order chi connectivity index (χ0) is 29.6. The van der Waals surface area contributed by atoms with E-state index in [0.29, 0.717) is 53.3 Å². The molecule has 0 atom stereocenters. The molecular weight excluding hydrogens is 584 g/mol. The van der Waals surface area contributed by atoms with Crippen LogP contribution in [0.5, 0.6) is 5.75 Å². The van der Waals surface area contributed by atoms with Crippen molar-refractivity contribution in [2.45, 2.75) is 4.34 Å². The molecule has 5 rings (SSSR count). The van der Waals surface area contributed by atoms with Crippen LogP contribution in [0.15, 0.2) is 63.9 Å². The number of nitro benzene ring substituents is 2. The van der Waals surface area contributed by atoms with Crippen molar-refractivity contribution < 1.29 is 24.1 Å². The summed E-state index contributed by atoms with van der Waals surface area (Å²) in [5, 5.41) is 25.7. The van der Waals surface area contributed by atoms with E-state index in [2.05, 4.69) is 15.3 Å². The van der Waals surface area contributed by atoms with Gasteiger partial charge in [0.1, 0.15) is 17.1 Å². The van der Waals surface area contributed by atoms with Crippen molar-refractivity contribution in [1.29, 1.82) is 0 Å². The molecule has 0 bridgehead atoms. The highest BCUT2D eigenvalue weighted by atomic mass is 32.2. The number of methoxy groups -OCH3 is 1. The van der Waals surface area contributed by atoms with Crippen molar-refractivity contribution in [3.8, 4) is 5.75 Å². The molecule has 1 aliphatic heterocycles. The van der Waals surface area contributed by atoms with Gasteiger partial charge in [0.05, 0.1) is 57.9 Å². The van der Waals surface area contributed by atoms with E-state index < -0.39 is 10.8 Å². The number of hydrogen-bond donors (Lipinski definition) is 1. The second-order valence-corrected chi connectivity index (χ2v) is 11.2. The largest absolute Gasteiger partial charge is 0.496 e. The van der Waals surface area contributed by atoms with Crippen LogP contribution in [0.4, 0.5) is 28.4 Å². The molecule has 42 heavy (non-hydrogen) atoms. The summed E-state index contributed by atoms with van der Waals surface area (Å²) in [7, 11) is 1.40. The summed E-state index contributed by atoms with van der Waals surface area (Å²) in [5.74, 6) is -0.0884. The second kappa shape index (κ2) is 12.9. The highest BCUT2D eigenvalue weighted by molar-refractivity contribution is 8.01. The van der Waals surface area contributed by atoms with Gasteiger partial charge in [-0.15, -0.1) is 11.3 Å². The lowest BCUT2D eigenvalue weighted by Crippen LogP contribution is -2.36. The number of benzene rings is 3. The van der Waals surface area contributed by atoms with E-state index in [-0.39, 0.29) is 27.7 Å². The van der Waals surface area contributed by atoms with Crippen molar-refractivity contribution in [2.24, 2.45) is 4.99 Å². The Morgan fingerprint density at radius 3 is 2.64 bits per heavy atom. The summed E-state index contributed by atoms with van der Waals surface area (Å²) < 4.78 is 11.9. The fourth-order valence-electron chi connectivity index (χ4n) is 4.23. The first-order valence-electron chi connectivity index (χ1n) is 12.6. The average molecular weight is 609 g/mol. The number of nitro groups is 2. The molecule has 1 N–H and O–H groups in total. The summed E-state index contributed by atoms with van der Waals surface area (Å²) in [5.41, 5.74) is 2.38. The maximum absolute atomic E-state index is 12.5. The summed E-state index contributed by atoms with van der Waals surface area (Å²) in [6.07, 6.45) is 1.58. The molecule has 4 aromatic rings. The van der Waals surface area contributed by atoms with Crippen molar-refractivity contribution in [3.63, 3.8) is 0 Å². The molecule has 13 nitrogen and oxygen atoms in total. The zero-order valence-electron chi connectivity index (χ0n) is 22.2. The highest BCUT2D eigenvalue weighted by Gasteiger charge is 2.22. The lowest BCUT2D eigenvalue weighted by molar-refractivity contribution is -0.384. The molecule has 0 unspecified atom stereocenters. The number of rotatable bonds is 10. The molecule has 1 fully saturated rings. The number of ether oxygens (including phenoxy) is 2. The van der Waals surface area contributed by atoms with Crippen molar-refractivity contribution in [1.82, 2.24) is 4.98 Å². The molecule has 1 aliphatic rings. The van der Waals surface area contributed by atoms with Crippen LogP contribution < -0.4 is 15.0 Å². The summed E-state index contributed by atoms with van der Waals surface area (Å²) in [6.45, 7) is 2.25. The van der Waals surface area contributed by atoms with Crippen molar-refractivity contribution in [3.05, 3.63) is 80.4 Å². The molecule has 0 radical (unpaired) electrons. The number of fused-ring (bicyclic) bond motifs is 1. The van der Waals surface area contributed by atoms with Gasteiger partial charge in [-0.1, -0.05) is 17.8 Å². The monoisotopic (exact) mass is 608 g/mol. The number of anilines is 2. The summed E-state index contributed by atoms with van der Waals surface area (Å²) in [6, 6.07) is 14.7. The zero-order valence-corrected chi connectivity index (χ0v) is 23.9. The predicted molar refractivity (Wildman–Crippen MR) is 162 cm³/mol. The van der Waals surface area contributed by atoms with Crippen LogP contribution in [-0.2, 0) is 9.53 Å². The van der Waals surface area contributed by atoms with E-state index in [9.17, 15) is 25.0 Å². The molecule has 1 aromatic heterocycles. The molecule has 15 heteroatoms. The second-order valence-electron chi connectivity index (χ2n) is 8.97. The van der Waals surface area contributed by atoms with Gasteiger partial charge in [0.2, 0.25) is 5.91 Å². The average Bonchev–Trinajstić information content (AvgIpc) is 3.41. The number of hydrogen-bond acceptors (Lipinski definition) is 12. The van der Waals surface area contributed by atoms with Crippen LogP contribution in [0.25, 0.3) is 10.2 Å². The Bertz CT molecular complexity index is 1690. The Morgan fingerprint density at radius 1 is 1.12 bits per heavy atom. The number of nitrogens with one attached hydrogen (secondary N) is 1. The first-order chi connectivity index (χ1) is 20.3. The molecule has 1 saturated heterocycles. The summed E-state index contributed by atoms with van der Waals surface area (Å²) in [4.78, 5) is 45.6. The van der Waals surface area contributed by atoms with E-state index in [4.69, 9.17) is 9.47 Å². The van der Waals surface area contributed by atoms with Crippen LogP contribution in [-0.4, -0.2) is 66.1 Å². The van der Waals surface area contributed by atoms with E-state index in [1.807, 2.05) is 17.0 Å². The molecule has 0 aliphatic carbocycles. The molecule has 3 aromatic carbocycles. The third-order valence-electron chi connectivity index (χ3n) is 6.27. The van der Waals surface area contributed by atoms with Gasteiger partial charge in [-0.2, -0.15) is 0 Å². The smallest absolute Gasteiger partial charge is 0.296 e. The third-order valence-corrected chi connectivity index (χ3v) is 8.43. The molecule has 216 valence electrons. The van der Waals surface area contributed by atoms with Gasteiger partial charge in [0, 0.05) is 25.4 Å². The van der Waals surface area contributed by atoms with Gasteiger partial charge in [0.25, 0.3) is 11.4 Å². The molecule has 0 saturated carbocycles. The van der Waals surface area contributed by atoms with Gasteiger partial charge in [-0.25, -0.2) is 4.98 Å². The van der Waals surface area contributed by atoms with Gasteiger partial charge in [-0.05, 0) is 42.0 Å². The van der Waals surface area contributed by atoms with Crippen molar-refractivity contribution >= 4 is 73.9 Å². The topological polar surface area (TPSA) is 162 Å². The fraction of sp³-hybridized carbons (Fsp3) is 0.222. The standard InChI is InChI=1S/C27H24N6O7S2/c1-39-19-4-6-20(23(14-19)32(35)36)29-26(34)16-41-27-30-21-5-3-18(13-25(21)42-27)28-15-17-2-7-22(24(12-17)33(37)38)31-8-10-40-11-9-31/h2-7,12-15H,8-11,16H2,1H3,(H,29,34). The molecular formula is C27H24N6O7S2. The Hall–Kier alpha value is -4.60. The lowest BCUT2D eigenvalue weighted by Gasteiger charge is -2.28. The number of aliphatic imine (C=N–C) groups is 1. The number of morpholine rings is 1. The molecule has 2 heterocycles. The molecule has 1 amide bonds. The Labute approximate surface area is 247 Å². The molecule has 0 spiro atoms. The number of amides is 1. The highest BCUT2D eigenvalue weighted by Crippen LogP contribution is 2.34. The number of carbonyl (C=O) groups excluding carboxylic acids is 1. The van der Waals surface area contributed by atoms with Crippen LogP contribution >= 0.6 is 23.1 Å². The van der Waals surface area contributed by atoms with E-state index in [1.54, 1.807) is 24.4 Å². The van der Waals surface area contributed by atoms with Crippen LogP contribution in [0, 0.1) is 20.2 Å². The minimum absolute atomic E-state index is 0.00719. The fourth-order valence-corrected chi connectivity index (χ4v) is 6.13. The first kappa shape index (κ1) is 28.9. The number of nitrogens with zero attached hydrogens (tertiary/aromatic N) is 5. The number of carbonyl (C=O) groups is 1. The van der Waals surface area contributed by atoms with Gasteiger partial charge in [-0.3, -0.25) is 30.0 Å². The summed E-state index contributed by atoms with van der Waals surface area (Å²) >= 11 is 2.60. The number of thioether (sulfide) groups is 1. The Kier molecular flexibility index (Phi) is 8.90. The van der Waals surface area contributed by atoms with E-state index in [1.165, 1.54) is 54.5 Å². The minimum Gasteiger partial charge on any atom is -0.496 e. The number of thiazole rings is 1. The van der Waals surface area contributed by atoms with E-state index >= 15 is 0 Å². The maximum atomic E-state index is 12.5. The Morgan fingerprint density at radius 2 is 1.90 bits per heavy atom. The van der Waals surface area contributed by atoms with Gasteiger partial charge >= 0.3 is 0 Å². The predicted octanol–water partition coefficient (Wildman–Crippen LogP) is 5.44. The van der Waals surface area contributed by atoms with Gasteiger partial charge in [0.15, 0.2) is 4.34 Å². The quantitative estimate of drug-likeness (QED) is 0.106.